The van der Waals surface area contributed by atoms with Crippen molar-refractivity contribution in [3.63, 3.8) is 0 Å². The third-order valence-electron chi connectivity index (χ3n) is 4.20. The largest absolute Gasteiger partial charge is 0.377 e. The molecule has 1 aliphatic heterocycles. The molecule has 2 atom stereocenters. The predicted molar refractivity (Wildman–Crippen MR) is 91.6 cm³/mol. The van der Waals surface area contributed by atoms with Crippen LogP contribution in [0.1, 0.15) is 37.8 Å². The van der Waals surface area contributed by atoms with Gasteiger partial charge in [0.2, 0.25) is 0 Å². The molecule has 1 N–H and O–H groups in total. The Balaban J connectivity index is 1.85. The lowest BCUT2D eigenvalue weighted by Gasteiger charge is -2.33. The molecule has 0 aliphatic carbocycles. The van der Waals surface area contributed by atoms with Gasteiger partial charge in [-0.2, -0.15) is 0 Å². The Morgan fingerprint density at radius 2 is 2.33 bits per heavy atom. The molecule has 1 fully saturated rings. The Hall–Kier alpha value is -0.420. The van der Waals surface area contributed by atoms with E-state index in [1.54, 1.807) is 0 Å². The first-order chi connectivity index (χ1) is 10.2. The van der Waals surface area contributed by atoms with Crippen molar-refractivity contribution in [3.8, 4) is 0 Å². The molecule has 0 spiro atoms. The molecule has 0 radical (unpaired) electrons. The molecular weight excluding hydrogens is 328 g/mol. The van der Waals surface area contributed by atoms with Crippen LogP contribution in [-0.2, 0) is 4.74 Å². The van der Waals surface area contributed by atoms with Gasteiger partial charge in [0.15, 0.2) is 0 Å². The second-order valence-electron chi connectivity index (χ2n) is 5.71. The molecule has 0 aromatic heterocycles. The highest BCUT2D eigenvalue weighted by Gasteiger charge is 2.20. The topological polar surface area (TPSA) is 24.5 Å². The van der Waals surface area contributed by atoms with Crippen molar-refractivity contribution >= 4 is 15.9 Å². The van der Waals surface area contributed by atoms with Crippen molar-refractivity contribution in [3.05, 3.63) is 34.3 Å². The van der Waals surface area contributed by atoms with Gasteiger partial charge in [0, 0.05) is 30.2 Å². The Morgan fingerprint density at radius 1 is 1.48 bits per heavy atom. The summed E-state index contributed by atoms with van der Waals surface area (Å²) < 4.78 is 6.93. The van der Waals surface area contributed by atoms with Gasteiger partial charge in [-0.1, -0.05) is 28.1 Å². The molecule has 0 bridgehead atoms. The monoisotopic (exact) mass is 354 g/mol. The lowest BCUT2D eigenvalue weighted by Crippen LogP contribution is -2.41. The Kier molecular flexibility index (Phi) is 7.17. The third-order valence-corrected chi connectivity index (χ3v) is 4.69. The summed E-state index contributed by atoms with van der Waals surface area (Å²) in [5.41, 5.74) is 1.35. The Labute approximate surface area is 137 Å². The van der Waals surface area contributed by atoms with Crippen LogP contribution in [0.15, 0.2) is 28.7 Å². The van der Waals surface area contributed by atoms with E-state index in [1.807, 2.05) is 7.05 Å². The van der Waals surface area contributed by atoms with Gasteiger partial charge in [-0.15, -0.1) is 0 Å². The van der Waals surface area contributed by atoms with E-state index in [1.165, 1.54) is 24.9 Å². The fourth-order valence-corrected chi connectivity index (χ4v) is 3.52. The molecule has 3 nitrogen and oxygen atoms in total. The quantitative estimate of drug-likeness (QED) is 0.809. The van der Waals surface area contributed by atoms with Crippen molar-refractivity contribution in [2.75, 3.05) is 33.3 Å². The van der Waals surface area contributed by atoms with Crippen LogP contribution in [0, 0.1) is 0 Å². The number of rotatable bonds is 7. The van der Waals surface area contributed by atoms with Gasteiger partial charge in [0.25, 0.3) is 0 Å². The first-order valence-electron chi connectivity index (χ1n) is 7.99. The van der Waals surface area contributed by atoms with Crippen molar-refractivity contribution in [1.82, 2.24) is 10.2 Å². The molecule has 1 saturated heterocycles. The van der Waals surface area contributed by atoms with Crippen LogP contribution >= 0.6 is 15.9 Å². The zero-order valence-corrected chi connectivity index (χ0v) is 14.7. The number of nitrogens with zero attached hydrogens (tertiary/aromatic N) is 1. The van der Waals surface area contributed by atoms with Gasteiger partial charge in [0.05, 0.1) is 6.10 Å². The highest BCUT2D eigenvalue weighted by Crippen LogP contribution is 2.22. The molecular formula is C17H27BrN2O. The van der Waals surface area contributed by atoms with E-state index in [-0.39, 0.29) is 0 Å². The van der Waals surface area contributed by atoms with Crippen LogP contribution in [-0.4, -0.2) is 44.3 Å². The summed E-state index contributed by atoms with van der Waals surface area (Å²) in [6, 6.07) is 9.00. The van der Waals surface area contributed by atoms with Crippen molar-refractivity contribution < 1.29 is 4.74 Å². The Morgan fingerprint density at radius 3 is 3.05 bits per heavy atom. The molecule has 1 aromatic rings. The summed E-state index contributed by atoms with van der Waals surface area (Å²) >= 11 is 3.56. The third kappa shape index (κ3) is 5.37. The van der Waals surface area contributed by atoms with Crippen LogP contribution < -0.4 is 5.32 Å². The molecule has 4 heteroatoms. The fourth-order valence-electron chi connectivity index (χ4n) is 3.10. The van der Waals surface area contributed by atoms with Gasteiger partial charge in [-0.3, -0.25) is 0 Å². The fraction of sp³-hybridized carbons (Fsp3) is 0.647. The van der Waals surface area contributed by atoms with E-state index >= 15 is 0 Å². The second kappa shape index (κ2) is 8.89. The summed E-state index contributed by atoms with van der Waals surface area (Å²) in [7, 11) is 2.05. The first-order valence-corrected chi connectivity index (χ1v) is 8.79. The number of likely N-dealkylation sites (tertiary alicyclic amines) is 1. The van der Waals surface area contributed by atoms with Gasteiger partial charge in [0.1, 0.15) is 0 Å². The van der Waals surface area contributed by atoms with Crippen LogP contribution in [0.2, 0.25) is 0 Å². The van der Waals surface area contributed by atoms with E-state index in [0.717, 1.165) is 30.6 Å². The molecule has 1 aromatic carbocycles. The van der Waals surface area contributed by atoms with E-state index in [2.05, 4.69) is 57.3 Å². The molecule has 2 unspecified atom stereocenters. The molecule has 21 heavy (non-hydrogen) atoms. The normalized spacial score (nSPS) is 21.4. The summed E-state index contributed by atoms with van der Waals surface area (Å²) in [4.78, 5) is 2.55. The van der Waals surface area contributed by atoms with Crippen LogP contribution in [0.4, 0.5) is 0 Å². The number of ether oxygens (including phenoxy) is 1. The molecule has 0 amide bonds. The number of halogens is 1. The number of hydrogen-bond acceptors (Lipinski definition) is 3. The molecule has 1 heterocycles. The van der Waals surface area contributed by atoms with Crippen LogP contribution in [0.25, 0.3) is 0 Å². The number of nitrogens with one attached hydrogen (secondary N) is 1. The van der Waals surface area contributed by atoms with Crippen molar-refractivity contribution in [2.24, 2.45) is 0 Å². The van der Waals surface area contributed by atoms with E-state index in [0.29, 0.717) is 12.1 Å². The molecule has 0 saturated carbocycles. The maximum Gasteiger partial charge on any atom is 0.0702 e. The van der Waals surface area contributed by atoms with Gasteiger partial charge in [-0.25, -0.2) is 0 Å². The zero-order valence-electron chi connectivity index (χ0n) is 13.1. The maximum atomic E-state index is 5.78. The van der Waals surface area contributed by atoms with Crippen molar-refractivity contribution in [1.29, 1.82) is 0 Å². The summed E-state index contributed by atoms with van der Waals surface area (Å²) in [6.07, 6.45) is 4.03. The standard InChI is InChI=1S/C17H27BrN2O/c1-3-21-16-8-5-10-20(13-16)11-9-17(19-2)14-6-4-7-15(18)12-14/h4,6-7,12,16-17,19H,3,5,8-11,13H2,1-2H3. The van der Waals surface area contributed by atoms with Gasteiger partial charge in [-0.05, 0) is 57.5 Å². The maximum absolute atomic E-state index is 5.78. The highest BCUT2D eigenvalue weighted by atomic mass is 79.9. The molecule has 118 valence electrons. The van der Waals surface area contributed by atoms with Crippen molar-refractivity contribution in [2.45, 2.75) is 38.3 Å². The summed E-state index contributed by atoms with van der Waals surface area (Å²) in [6.45, 7) is 6.34. The number of benzene rings is 1. The van der Waals surface area contributed by atoms with E-state index in [9.17, 15) is 0 Å². The molecule has 1 aliphatic rings. The lowest BCUT2D eigenvalue weighted by molar-refractivity contribution is 0.00510. The number of hydrogen-bond donors (Lipinski definition) is 1. The van der Waals surface area contributed by atoms with Crippen LogP contribution in [0.3, 0.4) is 0 Å². The summed E-state index contributed by atoms with van der Waals surface area (Å²) in [5.74, 6) is 0. The smallest absolute Gasteiger partial charge is 0.0702 e. The first kappa shape index (κ1) is 16.9. The number of piperidine rings is 1. The van der Waals surface area contributed by atoms with E-state index < -0.39 is 0 Å². The van der Waals surface area contributed by atoms with E-state index in [4.69, 9.17) is 4.74 Å². The van der Waals surface area contributed by atoms with Gasteiger partial charge >= 0.3 is 0 Å². The minimum Gasteiger partial charge on any atom is -0.377 e. The minimum absolute atomic E-state index is 0.412. The average molecular weight is 355 g/mol. The lowest BCUT2D eigenvalue weighted by atomic mass is 10.0. The highest BCUT2D eigenvalue weighted by molar-refractivity contribution is 9.10. The summed E-state index contributed by atoms with van der Waals surface area (Å²) in [5, 5.41) is 3.44. The second-order valence-corrected chi connectivity index (χ2v) is 6.62. The predicted octanol–water partition coefficient (Wildman–Crippen LogP) is 3.60. The average Bonchev–Trinajstić information content (AvgIpc) is 2.49. The van der Waals surface area contributed by atoms with Crippen LogP contribution in [0.5, 0.6) is 0 Å². The molecule has 2 rings (SSSR count). The minimum atomic E-state index is 0.412. The SMILES string of the molecule is CCOC1CCCN(CCC(NC)c2cccc(Br)c2)C1. The zero-order chi connectivity index (χ0) is 15.1. The van der Waals surface area contributed by atoms with Gasteiger partial charge < -0.3 is 15.0 Å². The Bertz CT molecular complexity index is 425.